The molecular formula is C15H15ClN2O. The fourth-order valence-corrected chi connectivity index (χ4v) is 2.06. The largest absolute Gasteiger partial charge is 0.321 e. The van der Waals surface area contributed by atoms with Crippen molar-refractivity contribution in [2.24, 2.45) is 0 Å². The Kier molecular flexibility index (Phi) is 4.17. The third-order valence-corrected chi connectivity index (χ3v) is 3.14. The van der Waals surface area contributed by atoms with E-state index in [0.29, 0.717) is 10.8 Å². The van der Waals surface area contributed by atoms with Gasteiger partial charge in [-0.1, -0.05) is 30.7 Å². The maximum atomic E-state index is 12.0. The van der Waals surface area contributed by atoms with Gasteiger partial charge < -0.3 is 5.32 Å². The molecule has 0 aliphatic carbocycles. The number of carbonyl (C=O) groups excluding carboxylic acids is 1. The Bertz CT molecular complexity index is 611. The minimum absolute atomic E-state index is 0.258. The predicted molar refractivity (Wildman–Crippen MR) is 77.8 cm³/mol. The smallest absolute Gasteiger partial charge is 0.274 e. The van der Waals surface area contributed by atoms with Crippen LogP contribution in [0.25, 0.3) is 0 Å². The monoisotopic (exact) mass is 274 g/mol. The van der Waals surface area contributed by atoms with Crippen molar-refractivity contribution in [1.82, 2.24) is 4.98 Å². The van der Waals surface area contributed by atoms with Gasteiger partial charge in [0.15, 0.2) is 0 Å². The summed E-state index contributed by atoms with van der Waals surface area (Å²) in [5.74, 6) is -0.258. The van der Waals surface area contributed by atoms with Crippen molar-refractivity contribution in [2.45, 2.75) is 20.3 Å². The van der Waals surface area contributed by atoms with Gasteiger partial charge in [0, 0.05) is 5.69 Å². The molecule has 3 nitrogen and oxygen atoms in total. The van der Waals surface area contributed by atoms with Gasteiger partial charge in [-0.3, -0.25) is 4.79 Å². The molecule has 1 aromatic heterocycles. The normalized spacial score (nSPS) is 10.3. The number of nitrogens with zero attached hydrogens (tertiary/aromatic N) is 1. The zero-order valence-corrected chi connectivity index (χ0v) is 11.7. The first kappa shape index (κ1) is 13.6. The topological polar surface area (TPSA) is 42.0 Å². The van der Waals surface area contributed by atoms with E-state index in [2.05, 4.69) is 17.2 Å². The van der Waals surface area contributed by atoms with Gasteiger partial charge in [0.25, 0.3) is 5.91 Å². The number of benzene rings is 1. The van der Waals surface area contributed by atoms with Crippen LogP contribution in [-0.4, -0.2) is 10.9 Å². The average Bonchev–Trinajstić information content (AvgIpc) is 2.39. The van der Waals surface area contributed by atoms with Gasteiger partial charge in [0.1, 0.15) is 10.8 Å². The van der Waals surface area contributed by atoms with E-state index in [1.165, 1.54) is 11.1 Å². The van der Waals surface area contributed by atoms with Gasteiger partial charge in [-0.25, -0.2) is 4.98 Å². The number of nitrogens with one attached hydrogen (secondary N) is 1. The third kappa shape index (κ3) is 3.32. The molecule has 2 aromatic rings. The first-order chi connectivity index (χ1) is 9.10. The van der Waals surface area contributed by atoms with Crippen LogP contribution in [0.2, 0.25) is 5.15 Å². The van der Waals surface area contributed by atoms with Crippen molar-refractivity contribution in [3.63, 3.8) is 0 Å². The summed E-state index contributed by atoms with van der Waals surface area (Å²) in [6, 6.07) is 10.9. The second-order valence-corrected chi connectivity index (χ2v) is 4.68. The zero-order chi connectivity index (χ0) is 13.8. The second-order valence-electron chi connectivity index (χ2n) is 4.29. The highest BCUT2D eigenvalue weighted by atomic mass is 35.5. The highest BCUT2D eigenvalue weighted by Crippen LogP contribution is 2.16. The van der Waals surface area contributed by atoms with Gasteiger partial charge in [-0.15, -0.1) is 0 Å². The third-order valence-electron chi connectivity index (χ3n) is 2.93. The van der Waals surface area contributed by atoms with Crippen LogP contribution in [0.3, 0.4) is 0 Å². The van der Waals surface area contributed by atoms with Crippen LogP contribution < -0.4 is 5.32 Å². The quantitative estimate of drug-likeness (QED) is 0.864. The Morgan fingerprint density at radius 3 is 2.74 bits per heavy atom. The second kappa shape index (κ2) is 5.85. The van der Waals surface area contributed by atoms with Gasteiger partial charge in [0.2, 0.25) is 0 Å². The summed E-state index contributed by atoms with van der Waals surface area (Å²) in [6.45, 7) is 4.14. The molecule has 1 N–H and O–H groups in total. The molecule has 98 valence electrons. The number of pyridine rings is 1. The Morgan fingerprint density at radius 1 is 1.32 bits per heavy atom. The van der Waals surface area contributed by atoms with Crippen LogP contribution in [0.5, 0.6) is 0 Å². The van der Waals surface area contributed by atoms with Crippen molar-refractivity contribution in [3.8, 4) is 0 Å². The lowest BCUT2D eigenvalue weighted by molar-refractivity contribution is 0.102. The van der Waals surface area contributed by atoms with E-state index in [1.54, 1.807) is 18.2 Å². The van der Waals surface area contributed by atoms with Gasteiger partial charge in [0.05, 0.1) is 0 Å². The van der Waals surface area contributed by atoms with Crippen molar-refractivity contribution in [2.75, 3.05) is 5.32 Å². The first-order valence-electron chi connectivity index (χ1n) is 6.13. The Hall–Kier alpha value is -1.87. The molecular weight excluding hydrogens is 260 g/mol. The highest BCUT2D eigenvalue weighted by Gasteiger charge is 2.08. The molecule has 19 heavy (non-hydrogen) atoms. The summed E-state index contributed by atoms with van der Waals surface area (Å²) in [5, 5.41) is 3.13. The van der Waals surface area contributed by atoms with E-state index >= 15 is 0 Å². The number of anilines is 1. The van der Waals surface area contributed by atoms with Crippen molar-refractivity contribution in [1.29, 1.82) is 0 Å². The number of hydrogen-bond donors (Lipinski definition) is 1. The molecule has 0 saturated carbocycles. The zero-order valence-electron chi connectivity index (χ0n) is 10.9. The first-order valence-corrected chi connectivity index (χ1v) is 6.51. The van der Waals surface area contributed by atoms with Crippen LogP contribution in [-0.2, 0) is 6.42 Å². The molecule has 0 radical (unpaired) electrons. The van der Waals surface area contributed by atoms with E-state index in [1.807, 2.05) is 25.1 Å². The Morgan fingerprint density at radius 2 is 2.11 bits per heavy atom. The van der Waals surface area contributed by atoms with Crippen LogP contribution >= 0.6 is 11.6 Å². The van der Waals surface area contributed by atoms with E-state index < -0.39 is 0 Å². The van der Waals surface area contributed by atoms with Gasteiger partial charge in [-0.05, 0) is 48.7 Å². The Labute approximate surface area is 117 Å². The molecule has 1 heterocycles. The SMILES string of the molecule is CCc1ccc(NC(=O)c2cccc(Cl)n2)cc1C. The van der Waals surface area contributed by atoms with Crippen molar-refractivity contribution >= 4 is 23.2 Å². The van der Waals surface area contributed by atoms with Crippen molar-refractivity contribution in [3.05, 3.63) is 58.4 Å². The lowest BCUT2D eigenvalue weighted by atomic mass is 10.1. The van der Waals surface area contributed by atoms with E-state index in [9.17, 15) is 4.79 Å². The standard InChI is InChI=1S/C15H15ClN2O/c1-3-11-7-8-12(9-10(11)2)17-15(19)13-5-4-6-14(16)18-13/h4-9H,3H2,1-2H3,(H,17,19). The number of aryl methyl sites for hydroxylation is 2. The maximum Gasteiger partial charge on any atom is 0.274 e. The lowest BCUT2D eigenvalue weighted by Crippen LogP contribution is -2.13. The van der Waals surface area contributed by atoms with Crippen LogP contribution in [0.4, 0.5) is 5.69 Å². The fourth-order valence-electron chi connectivity index (χ4n) is 1.90. The van der Waals surface area contributed by atoms with Crippen LogP contribution in [0.1, 0.15) is 28.5 Å². The molecule has 2 rings (SSSR count). The molecule has 0 saturated heterocycles. The molecule has 0 bridgehead atoms. The molecule has 0 spiro atoms. The molecule has 0 fully saturated rings. The van der Waals surface area contributed by atoms with E-state index in [4.69, 9.17) is 11.6 Å². The number of carbonyl (C=O) groups is 1. The van der Waals surface area contributed by atoms with Crippen LogP contribution in [0, 0.1) is 6.92 Å². The van der Waals surface area contributed by atoms with Crippen molar-refractivity contribution < 1.29 is 4.79 Å². The van der Waals surface area contributed by atoms with Crippen LogP contribution in [0.15, 0.2) is 36.4 Å². The number of hydrogen-bond acceptors (Lipinski definition) is 2. The van der Waals surface area contributed by atoms with Gasteiger partial charge in [-0.2, -0.15) is 0 Å². The minimum atomic E-state index is -0.258. The summed E-state index contributed by atoms with van der Waals surface area (Å²) in [6.07, 6.45) is 0.982. The summed E-state index contributed by atoms with van der Waals surface area (Å²) < 4.78 is 0. The number of amides is 1. The summed E-state index contributed by atoms with van der Waals surface area (Å²) in [5.41, 5.74) is 3.52. The lowest BCUT2D eigenvalue weighted by Gasteiger charge is -2.08. The summed E-state index contributed by atoms with van der Waals surface area (Å²) in [7, 11) is 0. The molecule has 1 amide bonds. The van der Waals surface area contributed by atoms with E-state index in [-0.39, 0.29) is 5.91 Å². The average molecular weight is 275 g/mol. The molecule has 0 atom stereocenters. The number of aromatic nitrogens is 1. The summed E-state index contributed by atoms with van der Waals surface area (Å²) in [4.78, 5) is 16.0. The summed E-state index contributed by atoms with van der Waals surface area (Å²) >= 11 is 5.77. The Balaban J connectivity index is 2.17. The maximum absolute atomic E-state index is 12.0. The molecule has 0 aliphatic rings. The molecule has 0 aliphatic heterocycles. The molecule has 4 heteroatoms. The highest BCUT2D eigenvalue weighted by molar-refractivity contribution is 6.29. The fraction of sp³-hybridized carbons (Fsp3) is 0.200. The molecule has 0 unspecified atom stereocenters. The van der Waals surface area contributed by atoms with Gasteiger partial charge >= 0.3 is 0 Å². The number of halogens is 1. The van der Waals surface area contributed by atoms with E-state index in [0.717, 1.165) is 12.1 Å². The molecule has 1 aromatic carbocycles. The number of rotatable bonds is 3. The minimum Gasteiger partial charge on any atom is -0.321 e. The predicted octanol–water partition coefficient (Wildman–Crippen LogP) is 3.86.